The average Bonchev–Trinajstić information content (AvgIpc) is 3.30. The molecule has 10 heteroatoms. The zero-order valence-electron chi connectivity index (χ0n) is 15.0. The third-order valence-corrected chi connectivity index (χ3v) is 6.46. The summed E-state index contributed by atoms with van der Waals surface area (Å²) in [7, 11) is -2.21. The predicted molar refractivity (Wildman–Crippen MR) is 95.6 cm³/mol. The van der Waals surface area contributed by atoms with Crippen molar-refractivity contribution in [3.05, 3.63) is 53.4 Å². The molecule has 0 bridgehead atoms. The summed E-state index contributed by atoms with van der Waals surface area (Å²) in [4.78, 5) is 12.5. The van der Waals surface area contributed by atoms with Crippen LogP contribution in [0.2, 0.25) is 0 Å². The number of hydrogen-bond acceptors (Lipinski definition) is 4. The molecule has 1 saturated heterocycles. The van der Waals surface area contributed by atoms with Gasteiger partial charge in [-0.15, -0.1) is 0 Å². The third-order valence-electron chi connectivity index (χ3n) is 4.59. The molecule has 0 radical (unpaired) electrons. The molecular weight excluding hydrogens is 390 g/mol. The lowest BCUT2D eigenvalue weighted by atomic mass is 10.1. The van der Waals surface area contributed by atoms with Crippen molar-refractivity contribution in [3.8, 4) is 6.07 Å². The van der Waals surface area contributed by atoms with Gasteiger partial charge in [-0.05, 0) is 25.0 Å². The summed E-state index contributed by atoms with van der Waals surface area (Å²) < 4.78 is 55.0. The predicted octanol–water partition coefficient (Wildman–Crippen LogP) is 2.08. The summed E-state index contributed by atoms with van der Waals surface area (Å²) >= 11 is 0. The zero-order chi connectivity index (χ0) is 20.5. The Morgan fingerprint density at radius 3 is 2.54 bits per heavy atom. The average molecular weight is 408 g/mol. The summed E-state index contributed by atoms with van der Waals surface area (Å²) in [6.45, 7) is 0.859. The van der Waals surface area contributed by atoms with E-state index in [2.05, 4.69) is 5.32 Å². The number of amides is 1. The van der Waals surface area contributed by atoms with Crippen LogP contribution in [-0.4, -0.2) is 36.3 Å². The number of nitrogens with zero attached hydrogens (tertiary/aromatic N) is 3. The van der Waals surface area contributed by atoms with Crippen molar-refractivity contribution >= 4 is 15.9 Å². The Kier molecular flexibility index (Phi) is 5.49. The van der Waals surface area contributed by atoms with E-state index >= 15 is 0 Å². The first-order valence-corrected chi connectivity index (χ1v) is 10.00. The number of halogens is 2. The van der Waals surface area contributed by atoms with Crippen molar-refractivity contribution in [1.29, 1.82) is 5.26 Å². The van der Waals surface area contributed by atoms with Gasteiger partial charge >= 0.3 is 0 Å². The van der Waals surface area contributed by atoms with E-state index in [1.54, 1.807) is 6.07 Å². The first kappa shape index (κ1) is 20.0. The highest BCUT2D eigenvalue weighted by atomic mass is 32.2. The van der Waals surface area contributed by atoms with Gasteiger partial charge in [0.2, 0.25) is 10.0 Å². The molecule has 1 aromatic carbocycles. The van der Waals surface area contributed by atoms with E-state index in [1.807, 2.05) is 0 Å². The molecule has 28 heavy (non-hydrogen) atoms. The van der Waals surface area contributed by atoms with Gasteiger partial charge in [-0.2, -0.15) is 9.57 Å². The van der Waals surface area contributed by atoms with Gasteiger partial charge in [0.25, 0.3) is 5.91 Å². The Hall–Kier alpha value is -2.77. The molecule has 1 aliphatic rings. The van der Waals surface area contributed by atoms with Gasteiger partial charge in [0.15, 0.2) is 0 Å². The SMILES string of the molecule is Cn1cc(S(=O)(=O)N2CCCC2)cc1C(=O)NC(C#N)c1ccc(F)cc1F. The molecule has 1 atom stereocenters. The smallest absolute Gasteiger partial charge is 0.269 e. The van der Waals surface area contributed by atoms with Crippen LogP contribution in [0.25, 0.3) is 0 Å². The Bertz CT molecular complexity index is 1050. The van der Waals surface area contributed by atoms with Crippen LogP contribution in [0.15, 0.2) is 35.4 Å². The topological polar surface area (TPSA) is 95.2 Å². The molecular formula is C18H18F2N4O3S. The van der Waals surface area contributed by atoms with Crippen LogP contribution < -0.4 is 5.32 Å². The minimum atomic E-state index is -3.71. The van der Waals surface area contributed by atoms with Gasteiger partial charge < -0.3 is 9.88 Å². The van der Waals surface area contributed by atoms with Gasteiger partial charge in [-0.3, -0.25) is 4.79 Å². The highest BCUT2D eigenvalue weighted by molar-refractivity contribution is 7.89. The largest absolute Gasteiger partial charge is 0.345 e. The monoisotopic (exact) mass is 408 g/mol. The van der Waals surface area contributed by atoms with E-state index < -0.39 is 33.6 Å². The van der Waals surface area contributed by atoms with Crippen molar-refractivity contribution in [1.82, 2.24) is 14.2 Å². The number of aromatic nitrogens is 1. The minimum Gasteiger partial charge on any atom is -0.345 e. The molecule has 148 valence electrons. The van der Waals surface area contributed by atoms with Crippen molar-refractivity contribution in [2.75, 3.05) is 13.1 Å². The van der Waals surface area contributed by atoms with E-state index in [-0.39, 0.29) is 16.2 Å². The number of nitriles is 1. The Morgan fingerprint density at radius 1 is 1.25 bits per heavy atom. The fraction of sp³-hybridized carbons (Fsp3) is 0.333. The maximum Gasteiger partial charge on any atom is 0.269 e. The second kappa shape index (κ2) is 7.69. The molecule has 0 aliphatic carbocycles. The Morgan fingerprint density at radius 2 is 1.93 bits per heavy atom. The number of sulfonamides is 1. The van der Waals surface area contributed by atoms with Gasteiger partial charge in [-0.25, -0.2) is 17.2 Å². The molecule has 2 aromatic rings. The first-order chi connectivity index (χ1) is 13.2. The number of hydrogen-bond donors (Lipinski definition) is 1. The molecule has 2 heterocycles. The standard InChI is InChI=1S/C18H18F2N4O3S/c1-23-11-13(28(26,27)24-6-2-3-7-24)9-17(23)18(25)22-16(10-21)14-5-4-12(19)8-15(14)20/h4-5,8-9,11,16H,2-3,6-7H2,1H3,(H,22,25). The van der Waals surface area contributed by atoms with Gasteiger partial charge in [0.05, 0.1) is 6.07 Å². The second-order valence-electron chi connectivity index (χ2n) is 6.48. The lowest BCUT2D eigenvalue weighted by Gasteiger charge is -2.13. The fourth-order valence-electron chi connectivity index (χ4n) is 3.10. The molecule has 1 fully saturated rings. The first-order valence-electron chi connectivity index (χ1n) is 8.56. The number of carbonyl (C=O) groups is 1. The molecule has 1 unspecified atom stereocenters. The number of aryl methyl sites for hydroxylation is 1. The normalized spacial score (nSPS) is 15.9. The molecule has 1 N–H and O–H groups in total. The van der Waals surface area contributed by atoms with Gasteiger partial charge in [-0.1, -0.05) is 6.07 Å². The number of nitrogens with one attached hydrogen (secondary N) is 1. The summed E-state index contributed by atoms with van der Waals surface area (Å²) in [5.74, 6) is -2.51. The van der Waals surface area contributed by atoms with Gasteiger partial charge in [0, 0.05) is 38.0 Å². The third kappa shape index (κ3) is 3.76. The quantitative estimate of drug-likeness (QED) is 0.820. The van der Waals surface area contributed by atoms with Crippen molar-refractivity contribution < 1.29 is 22.0 Å². The highest BCUT2D eigenvalue weighted by Crippen LogP contribution is 2.23. The van der Waals surface area contributed by atoms with Crippen molar-refractivity contribution in [2.45, 2.75) is 23.8 Å². The van der Waals surface area contributed by atoms with E-state index in [9.17, 15) is 27.3 Å². The second-order valence-corrected chi connectivity index (χ2v) is 8.42. The lowest BCUT2D eigenvalue weighted by molar-refractivity contribution is 0.0936. The van der Waals surface area contributed by atoms with Crippen LogP contribution in [0.4, 0.5) is 8.78 Å². The van der Waals surface area contributed by atoms with Crippen LogP contribution in [0.1, 0.15) is 34.9 Å². The fourth-order valence-corrected chi connectivity index (χ4v) is 4.69. The summed E-state index contributed by atoms with van der Waals surface area (Å²) in [6.07, 6.45) is 2.89. The number of carbonyl (C=O) groups excluding carboxylic acids is 1. The Labute approximate surface area is 161 Å². The molecule has 1 amide bonds. The molecule has 1 aromatic heterocycles. The van der Waals surface area contributed by atoms with Gasteiger partial charge in [0.1, 0.15) is 28.3 Å². The molecule has 0 spiro atoms. The summed E-state index contributed by atoms with van der Waals surface area (Å²) in [5, 5.41) is 11.6. The number of benzene rings is 1. The summed E-state index contributed by atoms with van der Waals surface area (Å²) in [6, 6.07) is 4.29. The van der Waals surface area contributed by atoms with E-state index in [4.69, 9.17) is 0 Å². The van der Waals surface area contributed by atoms with Crippen LogP contribution in [-0.2, 0) is 17.1 Å². The number of rotatable bonds is 5. The van der Waals surface area contributed by atoms with Crippen LogP contribution >= 0.6 is 0 Å². The molecule has 3 rings (SSSR count). The van der Waals surface area contributed by atoms with Crippen molar-refractivity contribution in [3.63, 3.8) is 0 Å². The van der Waals surface area contributed by atoms with Crippen LogP contribution in [0.3, 0.4) is 0 Å². The maximum atomic E-state index is 13.9. The summed E-state index contributed by atoms with van der Waals surface area (Å²) in [5.41, 5.74) is -0.183. The maximum absolute atomic E-state index is 13.9. The highest BCUT2D eigenvalue weighted by Gasteiger charge is 2.30. The molecule has 0 saturated carbocycles. The molecule has 1 aliphatic heterocycles. The van der Waals surface area contributed by atoms with E-state index in [1.165, 1.54) is 28.2 Å². The van der Waals surface area contributed by atoms with Crippen LogP contribution in [0.5, 0.6) is 0 Å². The zero-order valence-corrected chi connectivity index (χ0v) is 15.8. The van der Waals surface area contributed by atoms with E-state index in [0.29, 0.717) is 19.2 Å². The van der Waals surface area contributed by atoms with Crippen LogP contribution in [0, 0.1) is 23.0 Å². The minimum absolute atomic E-state index is 0.000502. The van der Waals surface area contributed by atoms with E-state index in [0.717, 1.165) is 25.0 Å². The molecule has 7 nitrogen and oxygen atoms in total. The Balaban J connectivity index is 1.84. The lowest BCUT2D eigenvalue weighted by Crippen LogP contribution is -2.29. The van der Waals surface area contributed by atoms with Crippen molar-refractivity contribution in [2.24, 2.45) is 7.05 Å².